The smallest absolute Gasteiger partial charge is 0.315 e. The fourth-order valence-electron chi connectivity index (χ4n) is 3.58. The van der Waals surface area contributed by atoms with Crippen molar-refractivity contribution in [3.63, 3.8) is 0 Å². The van der Waals surface area contributed by atoms with Crippen molar-refractivity contribution in [2.24, 2.45) is 0 Å². The van der Waals surface area contributed by atoms with Gasteiger partial charge >= 0.3 is 5.97 Å². The van der Waals surface area contributed by atoms with Crippen molar-refractivity contribution in [3.8, 4) is 16.9 Å². The van der Waals surface area contributed by atoms with Gasteiger partial charge in [0.2, 0.25) is 0 Å². The summed E-state index contributed by atoms with van der Waals surface area (Å²) in [6.45, 7) is 0. The maximum absolute atomic E-state index is 13.2. The lowest BCUT2D eigenvalue weighted by atomic mass is 10.1. The number of rotatable bonds is 8. The van der Waals surface area contributed by atoms with Crippen LogP contribution < -0.4 is 9.46 Å². The van der Waals surface area contributed by atoms with Gasteiger partial charge in [0.1, 0.15) is 5.75 Å². The maximum atomic E-state index is 13.2. The highest BCUT2D eigenvalue weighted by molar-refractivity contribution is 8.00. The van der Waals surface area contributed by atoms with E-state index in [1.807, 2.05) is 54.6 Å². The summed E-state index contributed by atoms with van der Waals surface area (Å²) in [4.78, 5) is 12.5. The Labute approximate surface area is 203 Å². The molecule has 0 unspecified atom stereocenters. The molecule has 0 fully saturated rings. The summed E-state index contributed by atoms with van der Waals surface area (Å²) in [7, 11) is -1.00. The molecule has 0 aromatic heterocycles. The van der Waals surface area contributed by atoms with E-state index in [0.717, 1.165) is 16.5 Å². The van der Waals surface area contributed by atoms with Crippen molar-refractivity contribution in [2.75, 3.05) is 24.7 Å². The zero-order valence-electron chi connectivity index (χ0n) is 18.6. The molecular weight excluding hydrogens is 470 g/mol. The van der Waals surface area contributed by atoms with Crippen LogP contribution in [0.4, 0.5) is 5.69 Å². The monoisotopic (exact) mass is 493 g/mol. The second kappa shape index (κ2) is 10.2. The van der Waals surface area contributed by atoms with Crippen molar-refractivity contribution in [1.29, 1.82) is 0 Å². The number of esters is 1. The molecule has 0 atom stereocenters. The van der Waals surface area contributed by atoms with Gasteiger partial charge in [-0.3, -0.25) is 9.52 Å². The molecule has 0 spiro atoms. The molecule has 0 bridgehead atoms. The van der Waals surface area contributed by atoms with E-state index in [4.69, 9.17) is 9.47 Å². The van der Waals surface area contributed by atoms with Crippen LogP contribution in [0.15, 0.2) is 94.7 Å². The topological polar surface area (TPSA) is 81.7 Å². The quantitative estimate of drug-likeness (QED) is 0.255. The van der Waals surface area contributed by atoms with Gasteiger partial charge < -0.3 is 9.47 Å². The Balaban J connectivity index is 1.71. The zero-order chi connectivity index (χ0) is 24.1. The number of nitrogens with one attached hydrogen (secondary N) is 1. The van der Waals surface area contributed by atoms with Crippen LogP contribution in [-0.4, -0.2) is 34.4 Å². The number of ether oxygens (including phenoxy) is 2. The van der Waals surface area contributed by atoms with E-state index >= 15 is 0 Å². The van der Waals surface area contributed by atoms with Gasteiger partial charge in [-0.15, -0.1) is 11.8 Å². The summed E-state index contributed by atoms with van der Waals surface area (Å²) in [5.74, 6) is 0.249. The minimum Gasteiger partial charge on any atom is -0.495 e. The highest BCUT2D eigenvalue weighted by Gasteiger charge is 2.20. The van der Waals surface area contributed by atoms with Crippen LogP contribution in [0.1, 0.15) is 0 Å². The van der Waals surface area contributed by atoms with Crippen molar-refractivity contribution >= 4 is 44.2 Å². The molecular formula is C26H23NO5S2. The average Bonchev–Trinajstić information content (AvgIpc) is 2.87. The molecule has 0 amide bonds. The number of methoxy groups -OCH3 is 2. The summed E-state index contributed by atoms with van der Waals surface area (Å²) < 4.78 is 39.5. The molecule has 0 heterocycles. The van der Waals surface area contributed by atoms with Gasteiger partial charge in [0, 0.05) is 10.8 Å². The molecule has 4 rings (SSSR count). The molecule has 0 radical (unpaired) electrons. The number of benzene rings is 4. The molecule has 0 aliphatic heterocycles. The minimum atomic E-state index is -3.87. The van der Waals surface area contributed by atoms with Crippen molar-refractivity contribution in [2.45, 2.75) is 9.79 Å². The second-order valence-corrected chi connectivity index (χ2v) is 10.1. The first kappa shape index (κ1) is 23.7. The molecule has 174 valence electrons. The first-order chi connectivity index (χ1) is 16.4. The summed E-state index contributed by atoms with van der Waals surface area (Å²) >= 11 is 1.22. The Morgan fingerprint density at radius 1 is 0.853 bits per heavy atom. The number of hydrogen-bond donors (Lipinski definition) is 1. The van der Waals surface area contributed by atoms with Crippen LogP contribution in [0.5, 0.6) is 5.75 Å². The van der Waals surface area contributed by atoms with E-state index in [1.165, 1.54) is 18.9 Å². The van der Waals surface area contributed by atoms with Crippen LogP contribution in [0.3, 0.4) is 0 Å². The third kappa shape index (κ3) is 5.03. The van der Waals surface area contributed by atoms with Crippen LogP contribution in [0, 0.1) is 0 Å². The van der Waals surface area contributed by atoms with Gasteiger partial charge in [0.05, 0.1) is 35.5 Å². The van der Waals surface area contributed by atoms with Crippen LogP contribution >= 0.6 is 11.8 Å². The first-order valence-corrected chi connectivity index (χ1v) is 12.9. The number of thioether (sulfide) groups is 1. The average molecular weight is 494 g/mol. The van der Waals surface area contributed by atoms with Crippen LogP contribution in [0.25, 0.3) is 21.9 Å². The third-order valence-corrected chi connectivity index (χ3v) is 7.63. The van der Waals surface area contributed by atoms with Crippen LogP contribution in [-0.2, 0) is 19.6 Å². The summed E-state index contributed by atoms with van der Waals surface area (Å²) in [5.41, 5.74) is 2.33. The first-order valence-electron chi connectivity index (χ1n) is 10.4. The van der Waals surface area contributed by atoms with E-state index in [1.54, 1.807) is 37.4 Å². The standard InChI is InChI=1S/C26H23NO5S2/c1-31-25(28)17-33-24-16-23(21-10-6-7-11-22(21)26(24)32-2)27-34(29,30)20-14-12-19(13-15-20)18-8-4-3-5-9-18/h3-16,27H,17H2,1-2H3. The Morgan fingerprint density at radius 2 is 1.47 bits per heavy atom. The van der Waals surface area contributed by atoms with Gasteiger partial charge in [-0.1, -0.05) is 66.7 Å². The Kier molecular flexibility index (Phi) is 7.09. The van der Waals surface area contributed by atoms with Crippen molar-refractivity contribution in [3.05, 3.63) is 84.9 Å². The molecule has 4 aromatic rings. The van der Waals surface area contributed by atoms with Gasteiger partial charge in [0.15, 0.2) is 0 Å². The predicted octanol–water partition coefficient (Wildman–Crippen LogP) is 5.58. The highest BCUT2D eigenvalue weighted by Crippen LogP contribution is 2.41. The predicted molar refractivity (Wildman–Crippen MR) is 136 cm³/mol. The molecule has 6 nitrogen and oxygen atoms in total. The fraction of sp³-hybridized carbons (Fsp3) is 0.115. The molecule has 0 saturated carbocycles. The van der Waals surface area contributed by atoms with Gasteiger partial charge in [0.25, 0.3) is 10.0 Å². The Hall–Kier alpha value is -3.49. The van der Waals surface area contributed by atoms with Crippen LogP contribution in [0.2, 0.25) is 0 Å². The van der Waals surface area contributed by atoms with E-state index in [2.05, 4.69) is 4.72 Å². The van der Waals surface area contributed by atoms with E-state index < -0.39 is 10.0 Å². The molecule has 4 aromatic carbocycles. The number of hydrogen-bond acceptors (Lipinski definition) is 6. The Bertz CT molecular complexity index is 1420. The molecule has 34 heavy (non-hydrogen) atoms. The van der Waals surface area contributed by atoms with Crippen molar-refractivity contribution in [1.82, 2.24) is 0 Å². The maximum Gasteiger partial charge on any atom is 0.315 e. The van der Waals surface area contributed by atoms with E-state index in [0.29, 0.717) is 21.7 Å². The largest absolute Gasteiger partial charge is 0.495 e. The SMILES string of the molecule is COC(=O)CSc1cc(NS(=O)(=O)c2ccc(-c3ccccc3)cc2)c2ccccc2c1OC. The molecule has 0 aliphatic carbocycles. The molecule has 0 saturated heterocycles. The lowest BCUT2D eigenvalue weighted by molar-refractivity contribution is -0.137. The lowest BCUT2D eigenvalue weighted by Gasteiger charge is -2.17. The van der Waals surface area contributed by atoms with Gasteiger partial charge in [-0.25, -0.2) is 8.42 Å². The number of carbonyl (C=O) groups is 1. The van der Waals surface area contributed by atoms with Crippen molar-refractivity contribution < 1.29 is 22.7 Å². The van der Waals surface area contributed by atoms with Gasteiger partial charge in [-0.2, -0.15) is 0 Å². The summed E-state index contributed by atoms with van der Waals surface area (Å²) in [6, 6.07) is 25.5. The van der Waals surface area contributed by atoms with E-state index in [-0.39, 0.29) is 16.6 Å². The lowest BCUT2D eigenvalue weighted by Crippen LogP contribution is -2.13. The molecule has 8 heteroatoms. The number of anilines is 1. The number of carbonyl (C=O) groups excluding carboxylic acids is 1. The summed E-state index contributed by atoms with van der Waals surface area (Å²) in [5, 5.41) is 1.42. The Morgan fingerprint density at radius 3 is 2.12 bits per heavy atom. The molecule has 0 aliphatic rings. The van der Waals surface area contributed by atoms with Gasteiger partial charge in [-0.05, 0) is 29.3 Å². The normalized spacial score (nSPS) is 11.2. The van der Waals surface area contributed by atoms with E-state index in [9.17, 15) is 13.2 Å². The zero-order valence-corrected chi connectivity index (χ0v) is 20.3. The number of fused-ring (bicyclic) bond motifs is 1. The highest BCUT2D eigenvalue weighted by atomic mass is 32.2. The minimum absolute atomic E-state index is 0.0678. The summed E-state index contributed by atoms with van der Waals surface area (Å²) in [6.07, 6.45) is 0. The number of sulfonamides is 1. The fourth-order valence-corrected chi connectivity index (χ4v) is 5.57. The second-order valence-electron chi connectivity index (χ2n) is 7.36. The third-order valence-electron chi connectivity index (χ3n) is 5.25. The molecule has 1 N–H and O–H groups in total.